The first kappa shape index (κ1) is 11.9. The van der Waals surface area contributed by atoms with Gasteiger partial charge in [-0.05, 0) is 37.5 Å². The van der Waals surface area contributed by atoms with E-state index in [1.807, 2.05) is 6.07 Å². The molecule has 2 aromatic rings. The van der Waals surface area contributed by atoms with Crippen LogP contribution in [0.25, 0.3) is 11.4 Å². The first-order valence-electron chi connectivity index (χ1n) is 5.72. The molecule has 1 aliphatic rings. The van der Waals surface area contributed by atoms with Crippen molar-refractivity contribution in [3.63, 3.8) is 0 Å². The van der Waals surface area contributed by atoms with Gasteiger partial charge in [-0.25, -0.2) is 4.98 Å². The third kappa shape index (κ3) is 1.99. The van der Waals surface area contributed by atoms with E-state index in [0.29, 0.717) is 10.8 Å². The smallest absolute Gasteiger partial charge is 0.254 e. The number of aryl methyl sites for hydroxylation is 1. The van der Waals surface area contributed by atoms with Crippen molar-refractivity contribution in [1.29, 1.82) is 0 Å². The average molecular weight is 326 g/mol. The minimum absolute atomic E-state index is 0.0284. The Morgan fingerprint density at radius 1 is 1.33 bits per heavy atom. The molecule has 1 N–H and O–H groups in total. The van der Waals surface area contributed by atoms with Crippen LogP contribution in [0, 0.1) is 0 Å². The molecule has 0 spiro atoms. The summed E-state index contributed by atoms with van der Waals surface area (Å²) in [6.07, 6.45) is 2.71. The Balaban J connectivity index is 2.21. The molecule has 0 amide bonds. The molecule has 1 aromatic heterocycles. The summed E-state index contributed by atoms with van der Waals surface area (Å²) < 4.78 is 0.869. The summed E-state index contributed by atoms with van der Waals surface area (Å²) >= 11 is 9.43. The number of nitrogens with one attached hydrogen (secondary N) is 1. The number of hydrogen-bond donors (Lipinski definition) is 1. The van der Waals surface area contributed by atoms with Crippen LogP contribution in [0.1, 0.15) is 17.7 Å². The predicted molar refractivity (Wildman–Crippen MR) is 75.0 cm³/mol. The molecule has 18 heavy (non-hydrogen) atoms. The quantitative estimate of drug-likeness (QED) is 0.874. The largest absolute Gasteiger partial charge is 0.306 e. The summed E-state index contributed by atoms with van der Waals surface area (Å²) in [5.74, 6) is 0.579. The van der Waals surface area contributed by atoms with E-state index in [1.54, 1.807) is 12.1 Å². The normalized spacial score (nSPS) is 13.7. The molecule has 0 fully saturated rings. The van der Waals surface area contributed by atoms with Gasteiger partial charge in [-0.1, -0.05) is 27.5 Å². The van der Waals surface area contributed by atoms with E-state index in [9.17, 15) is 4.79 Å². The zero-order valence-electron chi connectivity index (χ0n) is 9.46. The summed E-state index contributed by atoms with van der Waals surface area (Å²) in [7, 11) is 0. The van der Waals surface area contributed by atoms with Crippen LogP contribution in [0.5, 0.6) is 0 Å². The zero-order valence-corrected chi connectivity index (χ0v) is 11.8. The molecule has 5 heteroatoms. The standard InChI is InChI=1S/C13H10BrClN2O/c14-10-5-4-7(15)6-9(10)12-16-11-3-1-2-8(11)13(18)17-12/h4-6H,1-3H2,(H,16,17,18). The molecule has 0 aliphatic heterocycles. The molecule has 92 valence electrons. The Bertz CT molecular complexity index is 681. The van der Waals surface area contributed by atoms with Gasteiger partial charge in [0.15, 0.2) is 0 Å². The van der Waals surface area contributed by atoms with Gasteiger partial charge in [0.2, 0.25) is 0 Å². The number of fused-ring (bicyclic) bond motifs is 1. The summed E-state index contributed by atoms with van der Waals surface area (Å²) in [5.41, 5.74) is 2.53. The fourth-order valence-corrected chi connectivity index (χ4v) is 2.85. The van der Waals surface area contributed by atoms with Crippen molar-refractivity contribution in [3.8, 4) is 11.4 Å². The van der Waals surface area contributed by atoms with Crippen LogP contribution < -0.4 is 5.56 Å². The van der Waals surface area contributed by atoms with Crippen molar-refractivity contribution < 1.29 is 0 Å². The van der Waals surface area contributed by atoms with Gasteiger partial charge in [-0.15, -0.1) is 0 Å². The molecule has 1 heterocycles. The third-order valence-corrected chi connectivity index (χ3v) is 4.05. The van der Waals surface area contributed by atoms with Crippen LogP contribution in [0.3, 0.4) is 0 Å². The molecule has 0 radical (unpaired) electrons. The summed E-state index contributed by atoms with van der Waals surface area (Å²) in [6.45, 7) is 0. The van der Waals surface area contributed by atoms with Crippen LogP contribution >= 0.6 is 27.5 Å². The van der Waals surface area contributed by atoms with Crippen molar-refractivity contribution in [2.24, 2.45) is 0 Å². The topological polar surface area (TPSA) is 45.8 Å². The Kier molecular flexibility index (Phi) is 2.99. The monoisotopic (exact) mass is 324 g/mol. The molecule has 3 rings (SSSR count). The molecule has 0 bridgehead atoms. The fraction of sp³-hybridized carbons (Fsp3) is 0.231. The molecule has 1 aliphatic carbocycles. The summed E-state index contributed by atoms with van der Waals surface area (Å²) in [6, 6.07) is 5.44. The Hall–Kier alpha value is -1.13. The molecular formula is C13H10BrClN2O. The number of nitrogens with zero attached hydrogens (tertiary/aromatic N) is 1. The third-order valence-electron chi connectivity index (χ3n) is 3.13. The lowest BCUT2D eigenvalue weighted by Crippen LogP contribution is -2.15. The lowest BCUT2D eigenvalue weighted by atomic mass is 10.2. The van der Waals surface area contributed by atoms with Gasteiger partial charge in [0.1, 0.15) is 5.82 Å². The second-order valence-electron chi connectivity index (χ2n) is 4.32. The number of rotatable bonds is 1. The van der Waals surface area contributed by atoms with E-state index in [0.717, 1.165) is 40.6 Å². The van der Waals surface area contributed by atoms with E-state index >= 15 is 0 Å². The van der Waals surface area contributed by atoms with Gasteiger partial charge < -0.3 is 4.98 Å². The van der Waals surface area contributed by atoms with Crippen molar-refractivity contribution >= 4 is 27.5 Å². The lowest BCUT2D eigenvalue weighted by Gasteiger charge is -2.06. The second kappa shape index (κ2) is 4.52. The van der Waals surface area contributed by atoms with E-state index in [-0.39, 0.29) is 5.56 Å². The maximum absolute atomic E-state index is 12.0. The average Bonchev–Trinajstić information content (AvgIpc) is 2.81. The molecule has 0 saturated heterocycles. The van der Waals surface area contributed by atoms with Crippen LogP contribution in [0.2, 0.25) is 5.02 Å². The van der Waals surface area contributed by atoms with Gasteiger partial charge in [0.05, 0.1) is 5.69 Å². The van der Waals surface area contributed by atoms with Crippen LogP contribution in [0.15, 0.2) is 27.5 Å². The van der Waals surface area contributed by atoms with Gasteiger partial charge in [-0.2, -0.15) is 0 Å². The highest BCUT2D eigenvalue weighted by Gasteiger charge is 2.18. The molecule has 1 aromatic carbocycles. The first-order valence-corrected chi connectivity index (χ1v) is 6.90. The van der Waals surface area contributed by atoms with Gasteiger partial charge >= 0.3 is 0 Å². The number of H-pyrrole nitrogens is 1. The zero-order chi connectivity index (χ0) is 12.7. The van der Waals surface area contributed by atoms with Gasteiger partial charge in [0.25, 0.3) is 5.56 Å². The fourth-order valence-electron chi connectivity index (χ4n) is 2.25. The SMILES string of the molecule is O=c1[nH]c(-c2cc(Cl)ccc2Br)nc2c1CCC2. The number of benzene rings is 1. The second-order valence-corrected chi connectivity index (χ2v) is 5.61. The van der Waals surface area contributed by atoms with E-state index < -0.39 is 0 Å². The number of aromatic amines is 1. The van der Waals surface area contributed by atoms with E-state index in [2.05, 4.69) is 25.9 Å². The Labute approximate surface area is 117 Å². The Morgan fingerprint density at radius 2 is 2.17 bits per heavy atom. The summed E-state index contributed by atoms with van der Waals surface area (Å²) in [4.78, 5) is 19.3. The maximum Gasteiger partial charge on any atom is 0.254 e. The number of halogens is 2. The number of hydrogen-bond acceptors (Lipinski definition) is 2. The van der Waals surface area contributed by atoms with Gasteiger partial charge in [0, 0.05) is 20.6 Å². The molecule has 0 atom stereocenters. The van der Waals surface area contributed by atoms with E-state index in [1.165, 1.54) is 0 Å². The highest BCUT2D eigenvalue weighted by Crippen LogP contribution is 2.29. The van der Waals surface area contributed by atoms with Crippen molar-refractivity contribution in [3.05, 3.63) is 49.3 Å². The van der Waals surface area contributed by atoms with Crippen molar-refractivity contribution in [2.75, 3.05) is 0 Å². The highest BCUT2D eigenvalue weighted by molar-refractivity contribution is 9.10. The van der Waals surface area contributed by atoms with Crippen molar-refractivity contribution in [1.82, 2.24) is 9.97 Å². The lowest BCUT2D eigenvalue weighted by molar-refractivity contribution is 0.899. The molecule has 0 saturated carbocycles. The molecule has 0 unspecified atom stereocenters. The molecular weight excluding hydrogens is 316 g/mol. The Morgan fingerprint density at radius 3 is 3.00 bits per heavy atom. The van der Waals surface area contributed by atoms with Crippen LogP contribution in [0.4, 0.5) is 0 Å². The minimum atomic E-state index is -0.0284. The van der Waals surface area contributed by atoms with Crippen molar-refractivity contribution in [2.45, 2.75) is 19.3 Å². The molecule has 3 nitrogen and oxygen atoms in total. The number of aromatic nitrogens is 2. The van der Waals surface area contributed by atoms with Crippen LogP contribution in [-0.4, -0.2) is 9.97 Å². The highest BCUT2D eigenvalue weighted by atomic mass is 79.9. The first-order chi connectivity index (χ1) is 8.65. The van der Waals surface area contributed by atoms with Crippen LogP contribution in [-0.2, 0) is 12.8 Å². The van der Waals surface area contributed by atoms with E-state index in [4.69, 9.17) is 11.6 Å². The summed E-state index contributed by atoms with van der Waals surface area (Å²) in [5, 5.41) is 0.622. The maximum atomic E-state index is 12.0. The van der Waals surface area contributed by atoms with Gasteiger partial charge in [-0.3, -0.25) is 4.79 Å². The minimum Gasteiger partial charge on any atom is -0.306 e. The predicted octanol–water partition coefficient (Wildman–Crippen LogP) is 3.34.